The average Bonchev–Trinajstić information content (AvgIpc) is 2.32. The fourth-order valence-corrected chi connectivity index (χ4v) is 1.73. The van der Waals surface area contributed by atoms with Crippen molar-refractivity contribution in [3.8, 4) is 5.75 Å². The summed E-state index contributed by atoms with van der Waals surface area (Å²) < 4.78 is 56.0. The first-order valence-electron chi connectivity index (χ1n) is 6.12. The van der Waals surface area contributed by atoms with Gasteiger partial charge in [-0.1, -0.05) is 0 Å². The third-order valence-corrected chi connectivity index (χ3v) is 3.60. The van der Waals surface area contributed by atoms with E-state index in [0.29, 0.717) is 11.4 Å². The molecule has 118 valence electrons. The topological polar surface area (TPSA) is 51.5 Å². The lowest BCUT2D eigenvalue weighted by Gasteiger charge is -2.13. The van der Waals surface area contributed by atoms with Crippen LogP contribution in [0.3, 0.4) is 0 Å². The smallest absolute Gasteiger partial charge is 0.422 e. The molecule has 0 spiro atoms. The fourth-order valence-electron chi connectivity index (χ4n) is 1.21. The van der Waals surface area contributed by atoms with Gasteiger partial charge >= 0.3 is 6.18 Å². The molecule has 0 fully saturated rings. The van der Waals surface area contributed by atoms with Crippen molar-refractivity contribution in [3.05, 3.63) is 23.5 Å². The molecule has 21 heavy (non-hydrogen) atoms. The van der Waals surface area contributed by atoms with Crippen LogP contribution in [0.4, 0.5) is 13.2 Å². The molecule has 0 aliphatic carbocycles. The first-order valence-corrected chi connectivity index (χ1v) is 7.23. The molecule has 1 rings (SSSR count). The van der Waals surface area contributed by atoms with Gasteiger partial charge < -0.3 is 4.74 Å². The Hall–Kier alpha value is -1.44. The van der Waals surface area contributed by atoms with Gasteiger partial charge in [0, 0.05) is 0 Å². The molecule has 0 aliphatic heterocycles. The van der Waals surface area contributed by atoms with Gasteiger partial charge in [-0.05, 0) is 39.8 Å². The number of aryl methyl sites for hydroxylation is 1. The fraction of sp³-hybridized carbons (Fsp3) is 0.538. The Balaban J connectivity index is 2.79. The Bertz CT molecular complexity index is 551. The van der Waals surface area contributed by atoms with Crippen molar-refractivity contribution in [2.75, 3.05) is 6.61 Å². The van der Waals surface area contributed by atoms with E-state index in [1.54, 1.807) is 20.8 Å². The molecule has 1 aromatic heterocycles. The maximum atomic E-state index is 12.1. The van der Waals surface area contributed by atoms with E-state index in [9.17, 15) is 17.4 Å². The number of alkyl halides is 3. The van der Waals surface area contributed by atoms with Gasteiger partial charge in [0.2, 0.25) is 0 Å². The molecule has 0 unspecified atom stereocenters. The third-order valence-electron chi connectivity index (χ3n) is 2.25. The molecular weight excluding hydrogens is 305 g/mol. The zero-order valence-electron chi connectivity index (χ0n) is 12.2. The Morgan fingerprint density at radius 3 is 2.43 bits per heavy atom. The largest absolute Gasteiger partial charge is 0.482 e. The van der Waals surface area contributed by atoms with E-state index in [-0.39, 0.29) is 5.75 Å². The number of pyridine rings is 1. The quantitative estimate of drug-likeness (QED) is 0.800. The summed E-state index contributed by atoms with van der Waals surface area (Å²) in [4.78, 5) is 4.05. The molecule has 1 heterocycles. The summed E-state index contributed by atoms with van der Waals surface area (Å²) in [5.41, 5.74) is 0.717. The van der Waals surface area contributed by atoms with Gasteiger partial charge in [0.05, 0.1) is 22.3 Å². The highest BCUT2D eigenvalue weighted by Gasteiger charge is 2.28. The lowest BCUT2D eigenvalue weighted by Crippen LogP contribution is -2.20. The van der Waals surface area contributed by atoms with Crippen LogP contribution in [0.25, 0.3) is 0 Å². The summed E-state index contributed by atoms with van der Waals surface area (Å²) in [5.74, 6) is 0.0569. The summed E-state index contributed by atoms with van der Waals surface area (Å²) in [7, 11) is -1.42. The molecule has 1 aromatic rings. The van der Waals surface area contributed by atoms with Crippen LogP contribution in [-0.4, -0.2) is 32.9 Å². The number of hydrogen-bond donors (Lipinski definition) is 0. The Labute approximate surface area is 124 Å². The molecule has 0 amide bonds. The molecule has 0 N–H and O–H groups in total. The summed E-state index contributed by atoms with van der Waals surface area (Å²) in [5, 5.41) is 0. The number of rotatable bonds is 4. The van der Waals surface area contributed by atoms with Crippen LogP contribution in [0.5, 0.6) is 5.75 Å². The molecule has 0 aromatic carbocycles. The Morgan fingerprint density at radius 2 is 1.95 bits per heavy atom. The summed E-state index contributed by atoms with van der Waals surface area (Å²) >= 11 is 0. The standard InChI is InChI=1S/C13H17F3N2O2S/c1-9-11(20-8-13(14,15)16)6-5-10(18-9)7-17-21(19)12(2,3)4/h5-7H,8H2,1-4H3/t21-/m1/s1. The van der Waals surface area contributed by atoms with E-state index in [0.717, 1.165) is 0 Å². The normalized spacial score (nSPS) is 14.4. The Kier molecular flexibility index (Phi) is 5.49. The first-order chi connectivity index (χ1) is 9.49. The maximum Gasteiger partial charge on any atom is 0.422 e. The second-order valence-electron chi connectivity index (χ2n) is 5.32. The number of hydrogen-bond acceptors (Lipinski definition) is 3. The van der Waals surface area contributed by atoms with Crippen LogP contribution >= 0.6 is 0 Å². The minimum Gasteiger partial charge on any atom is -0.482 e. The molecule has 4 nitrogen and oxygen atoms in total. The minimum absolute atomic E-state index is 0.0569. The van der Waals surface area contributed by atoms with Gasteiger partial charge in [-0.25, -0.2) is 9.19 Å². The predicted molar refractivity (Wildman–Crippen MR) is 76.0 cm³/mol. The molecule has 0 saturated heterocycles. The molecule has 1 atom stereocenters. The molecule has 0 saturated carbocycles. The SMILES string of the molecule is Cc1nc(C=N[S@](=O)C(C)(C)C)ccc1OCC(F)(F)F. The van der Waals surface area contributed by atoms with Gasteiger partial charge in [-0.2, -0.15) is 17.6 Å². The first kappa shape index (κ1) is 17.6. The molecule has 0 aliphatic rings. The van der Waals surface area contributed by atoms with E-state index >= 15 is 0 Å². The van der Waals surface area contributed by atoms with E-state index < -0.39 is 28.5 Å². The van der Waals surface area contributed by atoms with Crippen molar-refractivity contribution in [1.29, 1.82) is 0 Å². The van der Waals surface area contributed by atoms with Crippen molar-refractivity contribution in [3.63, 3.8) is 0 Å². The van der Waals surface area contributed by atoms with E-state index in [2.05, 4.69) is 14.1 Å². The van der Waals surface area contributed by atoms with Crippen LogP contribution in [-0.2, 0) is 11.0 Å². The summed E-state index contributed by atoms with van der Waals surface area (Å²) in [6.45, 7) is 5.52. The average molecular weight is 322 g/mol. The maximum absolute atomic E-state index is 12.1. The van der Waals surface area contributed by atoms with Crippen molar-refractivity contribution in [2.45, 2.75) is 38.6 Å². The predicted octanol–water partition coefficient (Wildman–Crippen LogP) is 3.21. The molecule has 0 radical (unpaired) electrons. The zero-order valence-corrected chi connectivity index (χ0v) is 13.0. The highest BCUT2D eigenvalue weighted by Crippen LogP contribution is 2.20. The lowest BCUT2D eigenvalue weighted by molar-refractivity contribution is -0.153. The van der Waals surface area contributed by atoms with Crippen molar-refractivity contribution >= 4 is 17.2 Å². The highest BCUT2D eigenvalue weighted by atomic mass is 32.2. The van der Waals surface area contributed by atoms with E-state index in [1.807, 2.05) is 0 Å². The molecule has 8 heteroatoms. The van der Waals surface area contributed by atoms with Crippen LogP contribution in [0.2, 0.25) is 0 Å². The van der Waals surface area contributed by atoms with Gasteiger partial charge in [-0.3, -0.25) is 0 Å². The van der Waals surface area contributed by atoms with Gasteiger partial charge in [0.15, 0.2) is 6.61 Å². The van der Waals surface area contributed by atoms with Crippen molar-refractivity contribution in [2.24, 2.45) is 4.40 Å². The summed E-state index contributed by atoms with van der Waals surface area (Å²) in [6, 6.07) is 2.84. The van der Waals surface area contributed by atoms with Gasteiger partial charge in [-0.15, -0.1) is 0 Å². The Morgan fingerprint density at radius 1 is 1.33 bits per heavy atom. The number of nitrogens with zero attached hydrogens (tertiary/aromatic N) is 2. The second kappa shape index (κ2) is 6.55. The van der Waals surface area contributed by atoms with Crippen LogP contribution < -0.4 is 4.74 Å². The number of aromatic nitrogens is 1. The van der Waals surface area contributed by atoms with Crippen LogP contribution in [0.1, 0.15) is 32.2 Å². The van der Waals surface area contributed by atoms with Crippen LogP contribution in [0, 0.1) is 6.92 Å². The number of ether oxygens (including phenoxy) is 1. The monoisotopic (exact) mass is 322 g/mol. The minimum atomic E-state index is -4.39. The lowest BCUT2D eigenvalue weighted by atomic mass is 10.3. The van der Waals surface area contributed by atoms with Gasteiger partial charge in [0.1, 0.15) is 16.7 Å². The number of halogens is 3. The van der Waals surface area contributed by atoms with E-state index in [4.69, 9.17) is 0 Å². The molecule has 0 bridgehead atoms. The van der Waals surface area contributed by atoms with Crippen molar-refractivity contribution < 1.29 is 22.1 Å². The van der Waals surface area contributed by atoms with E-state index in [1.165, 1.54) is 25.3 Å². The highest BCUT2D eigenvalue weighted by molar-refractivity contribution is 7.85. The zero-order chi connectivity index (χ0) is 16.3. The van der Waals surface area contributed by atoms with Gasteiger partial charge in [0.25, 0.3) is 0 Å². The van der Waals surface area contributed by atoms with Crippen molar-refractivity contribution in [1.82, 2.24) is 4.98 Å². The third kappa shape index (κ3) is 6.24. The summed E-state index contributed by atoms with van der Waals surface area (Å²) in [6.07, 6.45) is -3.06. The van der Waals surface area contributed by atoms with Crippen LogP contribution in [0.15, 0.2) is 16.5 Å². The molecular formula is C13H17F3N2O2S. The second-order valence-corrected chi connectivity index (χ2v) is 7.25.